The highest BCUT2D eigenvalue weighted by atomic mass is 35.5. The number of hydrogen-bond acceptors (Lipinski definition) is 4. The molecule has 1 aliphatic rings. The van der Waals surface area contributed by atoms with Crippen LogP contribution in [-0.2, 0) is 11.3 Å². The number of nitrogens with zero attached hydrogens (tertiary/aromatic N) is 2. The number of rotatable bonds is 4. The molecule has 0 saturated carbocycles. The summed E-state index contributed by atoms with van der Waals surface area (Å²) in [6.45, 7) is 3.41. The van der Waals surface area contributed by atoms with Gasteiger partial charge in [0.2, 0.25) is 5.91 Å². The van der Waals surface area contributed by atoms with Gasteiger partial charge in [-0.15, -0.1) is 11.3 Å². The number of carbonyl (C=O) groups excluding carboxylic acids is 2. The minimum Gasteiger partial charge on any atom is -0.351 e. The number of amides is 2. The quantitative estimate of drug-likeness (QED) is 0.887. The SMILES string of the molecule is CC(=O)NCc1csc(C2CCN(C(=O)c3cccc(Cl)c3)CC2)n1. The van der Waals surface area contributed by atoms with Crippen LogP contribution in [0.25, 0.3) is 0 Å². The molecule has 0 spiro atoms. The molecule has 0 radical (unpaired) electrons. The summed E-state index contributed by atoms with van der Waals surface area (Å²) in [7, 11) is 0. The number of thiazole rings is 1. The van der Waals surface area contributed by atoms with Gasteiger partial charge in [0.1, 0.15) is 0 Å². The van der Waals surface area contributed by atoms with Crippen molar-refractivity contribution in [2.75, 3.05) is 13.1 Å². The Balaban J connectivity index is 1.56. The Morgan fingerprint density at radius 3 is 2.80 bits per heavy atom. The molecule has 3 rings (SSSR count). The monoisotopic (exact) mass is 377 g/mol. The third-order valence-corrected chi connectivity index (χ3v) is 5.58. The molecule has 1 aliphatic heterocycles. The van der Waals surface area contributed by atoms with Gasteiger partial charge in [0, 0.05) is 41.9 Å². The third-order valence-electron chi connectivity index (χ3n) is 4.29. The molecule has 2 amide bonds. The van der Waals surface area contributed by atoms with E-state index in [1.165, 1.54) is 6.92 Å². The molecule has 25 heavy (non-hydrogen) atoms. The van der Waals surface area contributed by atoms with E-state index >= 15 is 0 Å². The van der Waals surface area contributed by atoms with Crippen molar-refractivity contribution >= 4 is 34.8 Å². The van der Waals surface area contributed by atoms with Crippen LogP contribution in [0.2, 0.25) is 5.02 Å². The molecule has 1 fully saturated rings. The summed E-state index contributed by atoms with van der Waals surface area (Å²) in [6, 6.07) is 7.08. The predicted molar refractivity (Wildman–Crippen MR) is 99.0 cm³/mol. The molecule has 0 atom stereocenters. The Morgan fingerprint density at radius 1 is 1.36 bits per heavy atom. The summed E-state index contributed by atoms with van der Waals surface area (Å²) in [5, 5.41) is 6.43. The molecule has 1 aromatic carbocycles. The first kappa shape index (κ1) is 17.9. The van der Waals surface area contributed by atoms with E-state index in [1.54, 1.807) is 35.6 Å². The van der Waals surface area contributed by atoms with E-state index in [0.29, 0.717) is 23.0 Å². The molecule has 0 bridgehead atoms. The van der Waals surface area contributed by atoms with Gasteiger partial charge >= 0.3 is 0 Å². The minimum atomic E-state index is -0.0533. The number of halogens is 1. The standard InChI is InChI=1S/C18H20ClN3O2S/c1-12(23)20-10-16-11-25-17(21-16)13-5-7-22(8-6-13)18(24)14-3-2-4-15(19)9-14/h2-4,9,11,13H,5-8,10H2,1H3,(H,20,23). The molecule has 7 heteroatoms. The summed E-state index contributed by atoms with van der Waals surface area (Å²) < 4.78 is 0. The van der Waals surface area contributed by atoms with E-state index in [4.69, 9.17) is 11.6 Å². The van der Waals surface area contributed by atoms with Crippen LogP contribution in [0.15, 0.2) is 29.6 Å². The lowest BCUT2D eigenvalue weighted by Crippen LogP contribution is -2.37. The zero-order valence-electron chi connectivity index (χ0n) is 14.0. The van der Waals surface area contributed by atoms with E-state index < -0.39 is 0 Å². The fraction of sp³-hybridized carbons (Fsp3) is 0.389. The van der Waals surface area contributed by atoms with Crippen LogP contribution in [0.4, 0.5) is 0 Å². The summed E-state index contributed by atoms with van der Waals surface area (Å²) in [5.74, 6) is 0.355. The molecule has 2 aromatic rings. The Labute approximate surface area is 156 Å². The molecule has 0 aliphatic carbocycles. The number of benzene rings is 1. The van der Waals surface area contributed by atoms with Gasteiger partial charge in [-0.1, -0.05) is 17.7 Å². The van der Waals surface area contributed by atoms with E-state index in [-0.39, 0.29) is 11.8 Å². The lowest BCUT2D eigenvalue weighted by atomic mass is 9.97. The molecule has 2 heterocycles. The molecule has 0 unspecified atom stereocenters. The number of nitrogens with one attached hydrogen (secondary N) is 1. The van der Waals surface area contributed by atoms with Gasteiger partial charge in [0.25, 0.3) is 5.91 Å². The molecule has 1 saturated heterocycles. The second-order valence-corrected chi connectivity index (χ2v) is 7.49. The van der Waals surface area contributed by atoms with Crippen molar-refractivity contribution in [3.63, 3.8) is 0 Å². The minimum absolute atomic E-state index is 0.0337. The second kappa shape index (κ2) is 7.97. The van der Waals surface area contributed by atoms with Gasteiger partial charge in [-0.3, -0.25) is 9.59 Å². The molecule has 1 N–H and O–H groups in total. The lowest BCUT2D eigenvalue weighted by Gasteiger charge is -2.31. The van der Waals surface area contributed by atoms with Gasteiger partial charge in [-0.25, -0.2) is 4.98 Å². The number of likely N-dealkylation sites (tertiary alicyclic amines) is 1. The molecular weight excluding hydrogens is 358 g/mol. The average molecular weight is 378 g/mol. The van der Waals surface area contributed by atoms with Crippen LogP contribution in [0.5, 0.6) is 0 Å². The van der Waals surface area contributed by atoms with Crippen molar-refractivity contribution in [3.8, 4) is 0 Å². The highest BCUT2D eigenvalue weighted by Gasteiger charge is 2.26. The third kappa shape index (κ3) is 4.58. The highest BCUT2D eigenvalue weighted by Crippen LogP contribution is 2.31. The lowest BCUT2D eigenvalue weighted by molar-refractivity contribution is -0.119. The zero-order valence-corrected chi connectivity index (χ0v) is 15.6. The van der Waals surface area contributed by atoms with Crippen LogP contribution in [0.1, 0.15) is 46.7 Å². The average Bonchev–Trinajstić information content (AvgIpc) is 3.08. The Kier molecular flexibility index (Phi) is 5.71. The van der Waals surface area contributed by atoms with E-state index in [9.17, 15) is 9.59 Å². The predicted octanol–water partition coefficient (Wildman–Crippen LogP) is 3.45. The van der Waals surface area contributed by atoms with Gasteiger partial charge in [-0.2, -0.15) is 0 Å². The van der Waals surface area contributed by atoms with Crippen molar-refractivity contribution in [3.05, 3.63) is 50.9 Å². The highest BCUT2D eigenvalue weighted by molar-refractivity contribution is 7.09. The van der Waals surface area contributed by atoms with Gasteiger partial charge in [-0.05, 0) is 31.0 Å². The maximum atomic E-state index is 12.6. The number of piperidine rings is 1. The van der Waals surface area contributed by atoms with Crippen molar-refractivity contribution < 1.29 is 9.59 Å². The van der Waals surface area contributed by atoms with Crippen molar-refractivity contribution in [1.29, 1.82) is 0 Å². The number of hydrogen-bond donors (Lipinski definition) is 1. The Bertz CT molecular complexity index is 769. The molecule has 5 nitrogen and oxygen atoms in total. The summed E-state index contributed by atoms with van der Waals surface area (Å²) in [6.07, 6.45) is 1.80. The van der Waals surface area contributed by atoms with Crippen LogP contribution < -0.4 is 5.32 Å². The maximum absolute atomic E-state index is 12.6. The van der Waals surface area contributed by atoms with Crippen molar-refractivity contribution in [2.24, 2.45) is 0 Å². The summed E-state index contributed by atoms with van der Waals surface area (Å²) >= 11 is 7.61. The zero-order chi connectivity index (χ0) is 17.8. The van der Waals surface area contributed by atoms with Crippen LogP contribution in [0, 0.1) is 0 Å². The van der Waals surface area contributed by atoms with Gasteiger partial charge in [0.15, 0.2) is 0 Å². The van der Waals surface area contributed by atoms with Crippen LogP contribution in [0.3, 0.4) is 0 Å². The Hall–Kier alpha value is -1.92. The first-order valence-electron chi connectivity index (χ1n) is 8.26. The number of aromatic nitrogens is 1. The molecular formula is C18H20ClN3O2S. The van der Waals surface area contributed by atoms with Gasteiger partial charge in [0.05, 0.1) is 17.2 Å². The first-order valence-corrected chi connectivity index (χ1v) is 9.52. The van der Waals surface area contributed by atoms with Gasteiger partial charge < -0.3 is 10.2 Å². The Morgan fingerprint density at radius 2 is 2.12 bits per heavy atom. The number of carbonyl (C=O) groups is 2. The maximum Gasteiger partial charge on any atom is 0.253 e. The largest absolute Gasteiger partial charge is 0.351 e. The van der Waals surface area contributed by atoms with Crippen molar-refractivity contribution in [1.82, 2.24) is 15.2 Å². The summed E-state index contributed by atoms with van der Waals surface area (Å²) in [5.41, 5.74) is 1.53. The molecule has 132 valence electrons. The first-order chi connectivity index (χ1) is 12.0. The van der Waals surface area contributed by atoms with E-state index in [1.807, 2.05) is 10.3 Å². The van der Waals surface area contributed by atoms with E-state index in [2.05, 4.69) is 10.3 Å². The summed E-state index contributed by atoms with van der Waals surface area (Å²) in [4.78, 5) is 30.1. The van der Waals surface area contributed by atoms with E-state index in [0.717, 1.165) is 36.6 Å². The fourth-order valence-electron chi connectivity index (χ4n) is 2.94. The van der Waals surface area contributed by atoms with Crippen LogP contribution in [-0.4, -0.2) is 34.8 Å². The normalized spacial score (nSPS) is 15.2. The topological polar surface area (TPSA) is 62.3 Å². The van der Waals surface area contributed by atoms with Crippen LogP contribution >= 0.6 is 22.9 Å². The fourth-order valence-corrected chi connectivity index (χ4v) is 4.12. The molecule has 1 aromatic heterocycles. The second-order valence-electron chi connectivity index (χ2n) is 6.16. The van der Waals surface area contributed by atoms with Crippen molar-refractivity contribution in [2.45, 2.75) is 32.2 Å². The smallest absolute Gasteiger partial charge is 0.253 e.